The second-order valence-electron chi connectivity index (χ2n) is 8.02. The Hall–Kier alpha value is -3.30. The van der Waals surface area contributed by atoms with Crippen molar-refractivity contribution in [3.05, 3.63) is 30.5 Å². The van der Waals surface area contributed by atoms with E-state index in [1.54, 1.807) is 13.3 Å². The van der Waals surface area contributed by atoms with Gasteiger partial charge in [-0.2, -0.15) is 0 Å². The molecule has 0 radical (unpaired) electrons. The largest absolute Gasteiger partial charge is 0.497 e. The summed E-state index contributed by atoms with van der Waals surface area (Å²) in [6.07, 6.45) is -4.20. The van der Waals surface area contributed by atoms with Crippen LogP contribution in [-0.2, 0) is 25.5 Å². The summed E-state index contributed by atoms with van der Waals surface area (Å²) in [4.78, 5) is 22.1. The molecule has 2 amide bonds. The zero-order valence-corrected chi connectivity index (χ0v) is 19.9. The van der Waals surface area contributed by atoms with Crippen molar-refractivity contribution in [3.8, 4) is 17.0 Å². The second-order valence-corrected chi connectivity index (χ2v) is 8.02. The maximum absolute atomic E-state index is 11.6. The summed E-state index contributed by atoms with van der Waals surface area (Å²) in [5.41, 5.74) is 1.37. The van der Waals surface area contributed by atoms with Crippen molar-refractivity contribution in [2.75, 3.05) is 33.5 Å². The number of carbonyl (C=O) groups excluding carboxylic acids is 1. The number of hydrogen-bond acceptors (Lipinski definition) is 10. The van der Waals surface area contributed by atoms with Gasteiger partial charge in [-0.25, -0.2) is 9.48 Å². The predicted octanol–water partition coefficient (Wildman–Crippen LogP) is -0.794. The van der Waals surface area contributed by atoms with Gasteiger partial charge < -0.3 is 44.9 Å². The summed E-state index contributed by atoms with van der Waals surface area (Å²) in [5.74, 6) is 0.236. The van der Waals surface area contributed by atoms with Gasteiger partial charge in [-0.1, -0.05) is 17.3 Å². The summed E-state index contributed by atoms with van der Waals surface area (Å²) in [7, 11) is 1.57. The quantitative estimate of drug-likeness (QED) is 0.226. The number of amides is 2. The smallest absolute Gasteiger partial charge is 0.404 e. The molecule has 1 aliphatic heterocycles. The number of aliphatic hydroxyl groups excluding tert-OH is 2. The van der Waals surface area contributed by atoms with Crippen LogP contribution in [-0.4, -0.2) is 106 Å². The number of hydrogen-bond donors (Lipinski definition) is 5. The van der Waals surface area contributed by atoms with Crippen LogP contribution in [0.25, 0.3) is 11.3 Å². The molecule has 5 N–H and O–H groups in total. The number of carboxylic acid groups (broad SMARTS) is 1. The van der Waals surface area contributed by atoms with Crippen molar-refractivity contribution in [3.63, 3.8) is 0 Å². The number of nitrogens with one attached hydrogen (secondary N) is 2. The van der Waals surface area contributed by atoms with Gasteiger partial charge in [-0.3, -0.25) is 4.79 Å². The lowest BCUT2D eigenvalue weighted by Crippen LogP contribution is -2.64. The van der Waals surface area contributed by atoms with Gasteiger partial charge in [-0.05, 0) is 12.1 Å². The van der Waals surface area contributed by atoms with Gasteiger partial charge in [0.05, 0.1) is 39.7 Å². The second kappa shape index (κ2) is 13.1. The van der Waals surface area contributed by atoms with Gasteiger partial charge in [0.25, 0.3) is 0 Å². The average Bonchev–Trinajstić information content (AvgIpc) is 3.32. The van der Waals surface area contributed by atoms with E-state index in [0.29, 0.717) is 11.4 Å². The third-order valence-corrected chi connectivity index (χ3v) is 5.37. The van der Waals surface area contributed by atoms with Gasteiger partial charge in [-0.15, -0.1) is 5.10 Å². The predicted molar refractivity (Wildman–Crippen MR) is 123 cm³/mol. The SMILES string of the molecule is COc1cccc(-c2cn(C[C@H]3OC(OCCOCCNC(=O)O)[C@H](NC(C)=O)[C@@H](O)[C@H]3O)nn2)c1. The van der Waals surface area contributed by atoms with Crippen LogP contribution in [0.5, 0.6) is 5.75 Å². The Bertz CT molecular complexity index is 1000. The lowest BCUT2D eigenvalue weighted by Gasteiger charge is -2.42. The molecule has 1 unspecified atom stereocenters. The van der Waals surface area contributed by atoms with Crippen molar-refractivity contribution >= 4 is 12.0 Å². The molecular formula is C22H31N5O9. The van der Waals surface area contributed by atoms with E-state index in [2.05, 4.69) is 20.9 Å². The molecule has 5 atom stereocenters. The molecule has 0 aliphatic carbocycles. The molecule has 1 aliphatic rings. The third-order valence-electron chi connectivity index (χ3n) is 5.37. The van der Waals surface area contributed by atoms with Gasteiger partial charge in [0, 0.05) is 19.0 Å². The molecule has 14 nitrogen and oxygen atoms in total. The number of nitrogens with zero attached hydrogens (tertiary/aromatic N) is 3. The highest BCUT2D eigenvalue weighted by molar-refractivity contribution is 5.73. The Morgan fingerprint density at radius 1 is 1.19 bits per heavy atom. The topological polar surface area (TPSA) is 187 Å². The fourth-order valence-electron chi connectivity index (χ4n) is 3.65. The molecule has 2 aromatic rings. The van der Waals surface area contributed by atoms with E-state index in [9.17, 15) is 19.8 Å². The van der Waals surface area contributed by atoms with Crippen LogP contribution >= 0.6 is 0 Å². The molecule has 0 saturated carbocycles. The zero-order chi connectivity index (χ0) is 26.1. The van der Waals surface area contributed by atoms with Crippen molar-refractivity contribution in [2.45, 2.75) is 44.1 Å². The Morgan fingerprint density at radius 3 is 2.72 bits per heavy atom. The normalized spacial score (nSPS) is 23.7. The number of aromatic nitrogens is 3. The van der Waals surface area contributed by atoms with Gasteiger partial charge in [0.2, 0.25) is 5.91 Å². The summed E-state index contributed by atoms with van der Waals surface area (Å²) in [6, 6.07) is 6.28. The molecule has 0 spiro atoms. The van der Waals surface area contributed by atoms with Crippen LogP contribution in [0.15, 0.2) is 30.5 Å². The molecule has 0 bridgehead atoms. The summed E-state index contributed by atoms with van der Waals surface area (Å²) in [5, 5.41) is 42.9. The molecule has 198 valence electrons. The van der Waals surface area contributed by atoms with E-state index in [1.807, 2.05) is 24.3 Å². The van der Waals surface area contributed by atoms with Crippen molar-refractivity contribution in [2.24, 2.45) is 0 Å². The first-order valence-corrected chi connectivity index (χ1v) is 11.3. The number of methoxy groups -OCH3 is 1. The average molecular weight is 510 g/mol. The van der Waals surface area contributed by atoms with E-state index in [4.69, 9.17) is 24.1 Å². The minimum absolute atomic E-state index is 0.0344. The Morgan fingerprint density at radius 2 is 2.00 bits per heavy atom. The van der Waals surface area contributed by atoms with Crippen LogP contribution in [0, 0.1) is 0 Å². The molecule has 2 heterocycles. The maximum atomic E-state index is 11.6. The molecule has 1 fully saturated rings. The van der Waals surface area contributed by atoms with Gasteiger partial charge in [0.15, 0.2) is 6.29 Å². The zero-order valence-electron chi connectivity index (χ0n) is 19.9. The molecule has 36 heavy (non-hydrogen) atoms. The van der Waals surface area contributed by atoms with Crippen molar-refractivity contribution in [1.82, 2.24) is 25.6 Å². The van der Waals surface area contributed by atoms with E-state index >= 15 is 0 Å². The molecule has 1 aromatic carbocycles. The molecular weight excluding hydrogens is 478 g/mol. The molecule has 1 saturated heterocycles. The van der Waals surface area contributed by atoms with Crippen LogP contribution < -0.4 is 15.4 Å². The lowest BCUT2D eigenvalue weighted by atomic mass is 9.96. The number of carbonyl (C=O) groups is 2. The molecule has 3 rings (SSSR count). The van der Waals surface area contributed by atoms with E-state index in [-0.39, 0.29) is 32.9 Å². The fraction of sp³-hybridized carbons (Fsp3) is 0.545. The van der Waals surface area contributed by atoms with Crippen LogP contribution in [0.1, 0.15) is 6.92 Å². The number of aliphatic hydroxyl groups is 2. The number of ether oxygens (including phenoxy) is 4. The summed E-state index contributed by atoms with van der Waals surface area (Å²) < 4.78 is 23.6. The fourth-order valence-corrected chi connectivity index (χ4v) is 3.65. The highest BCUT2D eigenvalue weighted by atomic mass is 16.7. The first-order chi connectivity index (χ1) is 17.3. The Labute approximate surface area is 207 Å². The van der Waals surface area contributed by atoms with E-state index in [1.165, 1.54) is 11.6 Å². The van der Waals surface area contributed by atoms with Crippen LogP contribution in [0.3, 0.4) is 0 Å². The maximum Gasteiger partial charge on any atom is 0.404 e. The first-order valence-electron chi connectivity index (χ1n) is 11.3. The van der Waals surface area contributed by atoms with E-state index in [0.717, 1.165) is 5.56 Å². The van der Waals surface area contributed by atoms with Gasteiger partial charge >= 0.3 is 6.09 Å². The highest BCUT2D eigenvalue weighted by Gasteiger charge is 2.45. The van der Waals surface area contributed by atoms with Gasteiger partial charge in [0.1, 0.15) is 35.8 Å². The van der Waals surface area contributed by atoms with Crippen molar-refractivity contribution < 1.29 is 43.9 Å². The number of benzene rings is 1. The first kappa shape index (κ1) is 27.3. The third kappa shape index (κ3) is 7.60. The van der Waals surface area contributed by atoms with Crippen molar-refractivity contribution in [1.29, 1.82) is 0 Å². The Kier molecular flexibility index (Phi) is 9.95. The summed E-state index contributed by atoms with van der Waals surface area (Å²) in [6.45, 7) is 1.74. The standard InChI is InChI=1S/C22H31N5O9/c1-13(28)24-18-20(30)19(29)17(36-21(18)35-9-8-34-7-6-23-22(31)32)12-27-11-16(25-26-27)14-4-3-5-15(10-14)33-2/h3-5,10-11,17-21,23,29-30H,6-9,12H2,1-2H3,(H,24,28)(H,31,32)/t17-,18-,19+,20-,21?/m1/s1. The van der Waals surface area contributed by atoms with E-state index < -0.39 is 42.6 Å². The highest BCUT2D eigenvalue weighted by Crippen LogP contribution is 2.25. The lowest BCUT2D eigenvalue weighted by molar-refractivity contribution is -0.269. The Balaban J connectivity index is 1.62. The molecule has 1 aromatic heterocycles. The minimum Gasteiger partial charge on any atom is -0.497 e. The monoisotopic (exact) mass is 509 g/mol. The minimum atomic E-state index is -1.38. The number of rotatable bonds is 12. The summed E-state index contributed by atoms with van der Waals surface area (Å²) >= 11 is 0. The van der Waals surface area contributed by atoms with Crippen LogP contribution in [0.2, 0.25) is 0 Å². The van der Waals surface area contributed by atoms with Crippen LogP contribution in [0.4, 0.5) is 4.79 Å². The molecule has 14 heteroatoms.